The molecule has 0 aromatic carbocycles. The van der Waals surface area contributed by atoms with Crippen molar-refractivity contribution in [1.29, 1.82) is 0 Å². The summed E-state index contributed by atoms with van der Waals surface area (Å²) in [5.41, 5.74) is 0. The summed E-state index contributed by atoms with van der Waals surface area (Å²) in [6.45, 7) is 2.47. The number of hydrogen-bond acceptors (Lipinski definition) is 4. The number of carbonyl (C=O) groups is 2. The van der Waals surface area contributed by atoms with E-state index < -0.39 is 0 Å². The lowest BCUT2D eigenvalue weighted by Gasteiger charge is -2.33. The summed E-state index contributed by atoms with van der Waals surface area (Å²) < 4.78 is 1.50. The predicted octanol–water partition coefficient (Wildman–Crippen LogP) is 0.0429. The van der Waals surface area contributed by atoms with Crippen LogP contribution in [0.4, 0.5) is 0 Å². The maximum absolute atomic E-state index is 12.1. The largest absolute Gasteiger partial charge is 0.354 e. The van der Waals surface area contributed by atoms with E-state index in [0.29, 0.717) is 18.4 Å². The monoisotopic (exact) mass is 291 g/mol. The number of nitrogens with zero attached hydrogens (tertiary/aromatic N) is 4. The van der Waals surface area contributed by atoms with E-state index in [-0.39, 0.29) is 18.4 Å². The van der Waals surface area contributed by atoms with E-state index in [1.165, 1.54) is 4.68 Å². The maximum atomic E-state index is 12.1. The molecule has 1 N–H and O–H groups in total. The van der Waals surface area contributed by atoms with Gasteiger partial charge in [0.1, 0.15) is 6.54 Å². The van der Waals surface area contributed by atoms with Crippen molar-refractivity contribution in [3.8, 4) is 0 Å². The molecule has 1 unspecified atom stereocenters. The summed E-state index contributed by atoms with van der Waals surface area (Å²) >= 11 is 0. The lowest BCUT2D eigenvalue weighted by atomic mass is 9.97. The first-order valence-corrected chi connectivity index (χ1v) is 7.62. The fraction of sp³-hybridized carbons (Fsp3) is 0.714. The average molecular weight is 291 g/mol. The molecule has 1 aromatic rings. The van der Waals surface area contributed by atoms with Crippen molar-refractivity contribution >= 4 is 11.8 Å². The first kappa shape index (κ1) is 14.0. The molecular formula is C14H21N5O2. The highest BCUT2D eigenvalue weighted by molar-refractivity contribution is 5.81. The number of rotatable bonds is 5. The standard InChI is InChI=1S/C14H21N5O2/c20-13(10-19-7-5-16-17-19)15-8-11-2-1-6-18(9-11)14(21)12-3-4-12/h5,7,11-12H,1-4,6,8-10H2,(H,15,20). The van der Waals surface area contributed by atoms with Gasteiger partial charge in [0.25, 0.3) is 0 Å². The predicted molar refractivity (Wildman–Crippen MR) is 75.1 cm³/mol. The van der Waals surface area contributed by atoms with Gasteiger partial charge in [-0.1, -0.05) is 5.21 Å². The van der Waals surface area contributed by atoms with Crippen LogP contribution in [0.1, 0.15) is 25.7 Å². The SMILES string of the molecule is O=C(Cn1ccnn1)NCC1CCCN(C(=O)C2CC2)C1. The average Bonchev–Trinajstić information content (AvgIpc) is 3.23. The molecule has 0 bridgehead atoms. The van der Waals surface area contributed by atoms with E-state index in [9.17, 15) is 9.59 Å². The molecule has 2 fully saturated rings. The molecule has 21 heavy (non-hydrogen) atoms. The summed E-state index contributed by atoms with van der Waals surface area (Å²) in [5.74, 6) is 0.895. The van der Waals surface area contributed by atoms with Crippen molar-refractivity contribution < 1.29 is 9.59 Å². The van der Waals surface area contributed by atoms with Crippen LogP contribution in [-0.2, 0) is 16.1 Å². The molecule has 0 radical (unpaired) electrons. The van der Waals surface area contributed by atoms with Gasteiger partial charge in [-0.25, -0.2) is 4.68 Å². The number of likely N-dealkylation sites (tertiary alicyclic amines) is 1. The molecular weight excluding hydrogens is 270 g/mol. The molecule has 2 amide bonds. The van der Waals surface area contributed by atoms with Crippen LogP contribution in [0.2, 0.25) is 0 Å². The van der Waals surface area contributed by atoms with Gasteiger partial charge >= 0.3 is 0 Å². The Balaban J connectivity index is 1.42. The van der Waals surface area contributed by atoms with Gasteiger partial charge in [-0.2, -0.15) is 0 Å². The Morgan fingerprint density at radius 3 is 2.86 bits per heavy atom. The molecule has 114 valence electrons. The Labute approximate surface area is 123 Å². The molecule has 2 heterocycles. The molecule has 7 nitrogen and oxygen atoms in total. The summed E-state index contributed by atoms with van der Waals surface area (Å²) in [6, 6.07) is 0. The highest BCUT2D eigenvalue weighted by Crippen LogP contribution is 2.32. The third-order valence-corrected chi connectivity index (χ3v) is 4.12. The van der Waals surface area contributed by atoms with E-state index in [4.69, 9.17) is 0 Å². The van der Waals surface area contributed by atoms with Gasteiger partial charge in [0.2, 0.25) is 11.8 Å². The second-order valence-electron chi connectivity index (χ2n) is 5.97. The molecule has 7 heteroatoms. The highest BCUT2D eigenvalue weighted by atomic mass is 16.2. The quantitative estimate of drug-likeness (QED) is 0.831. The number of hydrogen-bond donors (Lipinski definition) is 1. The van der Waals surface area contributed by atoms with Crippen LogP contribution in [-0.4, -0.2) is 51.3 Å². The van der Waals surface area contributed by atoms with Crippen molar-refractivity contribution in [3.63, 3.8) is 0 Å². The number of amides is 2. The minimum Gasteiger partial charge on any atom is -0.354 e. The minimum atomic E-state index is -0.0638. The topological polar surface area (TPSA) is 80.1 Å². The Kier molecular flexibility index (Phi) is 4.17. The summed E-state index contributed by atoms with van der Waals surface area (Å²) in [5, 5.41) is 10.4. The minimum absolute atomic E-state index is 0.0638. The Bertz CT molecular complexity index is 497. The van der Waals surface area contributed by atoms with E-state index in [2.05, 4.69) is 15.6 Å². The molecule has 1 atom stereocenters. The molecule has 0 spiro atoms. The summed E-state index contributed by atoms with van der Waals surface area (Å²) in [7, 11) is 0. The second-order valence-corrected chi connectivity index (χ2v) is 5.97. The number of nitrogens with one attached hydrogen (secondary N) is 1. The van der Waals surface area contributed by atoms with Gasteiger partial charge in [-0.05, 0) is 31.6 Å². The van der Waals surface area contributed by atoms with Gasteiger partial charge in [0.15, 0.2) is 0 Å². The number of carbonyl (C=O) groups excluding carboxylic acids is 2. The molecule has 1 aliphatic heterocycles. The van der Waals surface area contributed by atoms with Crippen molar-refractivity contribution in [2.45, 2.75) is 32.2 Å². The van der Waals surface area contributed by atoms with Gasteiger partial charge in [-0.3, -0.25) is 9.59 Å². The first-order valence-electron chi connectivity index (χ1n) is 7.62. The molecule has 1 aromatic heterocycles. The molecule has 1 saturated carbocycles. The van der Waals surface area contributed by atoms with Gasteiger partial charge in [0, 0.05) is 31.7 Å². The van der Waals surface area contributed by atoms with Crippen LogP contribution in [0.5, 0.6) is 0 Å². The lowest BCUT2D eigenvalue weighted by molar-refractivity contribution is -0.134. The van der Waals surface area contributed by atoms with E-state index in [0.717, 1.165) is 38.8 Å². The fourth-order valence-corrected chi connectivity index (χ4v) is 2.80. The van der Waals surface area contributed by atoms with E-state index in [1.807, 2.05) is 4.90 Å². The third kappa shape index (κ3) is 3.80. The van der Waals surface area contributed by atoms with Gasteiger partial charge in [0.05, 0.1) is 6.20 Å². The molecule has 1 aliphatic carbocycles. The first-order chi connectivity index (χ1) is 10.2. The van der Waals surface area contributed by atoms with Crippen LogP contribution in [0, 0.1) is 11.8 Å². The van der Waals surface area contributed by atoms with Crippen LogP contribution in [0.3, 0.4) is 0 Å². The van der Waals surface area contributed by atoms with Crippen LogP contribution >= 0.6 is 0 Å². The number of aromatic nitrogens is 3. The second kappa shape index (κ2) is 6.24. The fourth-order valence-electron chi connectivity index (χ4n) is 2.80. The van der Waals surface area contributed by atoms with Crippen molar-refractivity contribution in [3.05, 3.63) is 12.4 Å². The summed E-state index contributed by atoms with van der Waals surface area (Å²) in [4.78, 5) is 25.9. The zero-order valence-corrected chi connectivity index (χ0v) is 12.1. The third-order valence-electron chi connectivity index (χ3n) is 4.12. The van der Waals surface area contributed by atoms with Crippen molar-refractivity contribution in [2.75, 3.05) is 19.6 Å². The van der Waals surface area contributed by atoms with Gasteiger partial charge < -0.3 is 10.2 Å². The van der Waals surface area contributed by atoms with Gasteiger partial charge in [-0.15, -0.1) is 5.10 Å². The zero-order chi connectivity index (χ0) is 14.7. The normalized spacial score (nSPS) is 22.1. The molecule has 3 rings (SSSR count). The number of piperidine rings is 1. The summed E-state index contributed by atoms with van der Waals surface area (Å²) in [6.07, 6.45) is 7.41. The van der Waals surface area contributed by atoms with Crippen molar-refractivity contribution in [1.82, 2.24) is 25.2 Å². The molecule has 1 saturated heterocycles. The zero-order valence-electron chi connectivity index (χ0n) is 12.1. The van der Waals surface area contributed by atoms with Crippen molar-refractivity contribution in [2.24, 2.45) is 11.8 Å². The Hall–Kier alpha value is -1.92. The lowest BCUT2D eigenvalue weighted by Crippen LogP contribution is -2.44. The smallest absolute Gasteiger partial charge is 0.241 e. The van der Waals surface area contributed by atoms with Crippen LogP contribution < -0.4 is 5.32 Å². The molecule has 2 aliphatic rings. The van der Waals surface area contributed by atoms with Crippen LogP contribution in [0.15, 0.2) is 12.4 Å². The van der Waals surface area contributed by atoms with E-state index in [1.54, 1.807) is 12.4 Å². The van der Waals surface area contributed by atoms with Crippen LogP contribution in [0.25, 0.3) is 0 Å². The van der Waals surface area contributed by atoms with E-state index >= 15 is 0 Å². The Morgan fingerprint density at radius 1 is 1.29 bits per heavy atom. The maximum Gasteiger partial charge on any atom is 0.241 e. The Morgan fingerprint density at radius 2 is 2.14 bits per heavy atom. The highest BCUT2D eigenvalue weighted by Gasteiger charge is 2.35.